The van der Waals surface area contributed by atoms with E-state index in [1.54, 1.807) is 6.92 Å². The molecular formula is C37H58O9. The van der Waals surface area contributed by atoms with E-state index in [1.807, 2.05) is 0 Å². The summed E-state index contributed by atoms with van der Waals surface area (Å²) in [5.41, 5.74) is -0.648. The molecule has 4 saturated carbocycles. The molecule has 5 aliphatic carbocycles. The molecule has 0 amide bonds. The smallest absolute Gasteiger partial charge is 0.338 e. The summed E-state index contributed by atoms with van der Waals surface area (Å²) >= 11 is 0. The molecule has 6 aliphatic rings. The highest BCUT2D eigenvalue weighted by molar-refractivity contribution is 5.91. The van der Waals surface area contributed by atoms with Gasteiger partial charge >= 0.3 is 5.97 Å². The number of Topliss-reactive ketones (excluding diaryl/α,β-unsaturated/α-hetero) is 1. The van der Waals surface area contributed by atoms with E-state index in [9.17, 15) is 30.0 Å². The highest BCUT2D eigenvalue weighted by atomic mass is 16.7. The lowest BCUT2D eigenvalue weighted by molar-refractivity contribution is -0.324. The number of carbonyl (C=O) groups is 2. The van der Waals surface area contributed by atoms with Crippen molar-refractivity contribution in [2.45, 2.75) is 156 Å². The minimum atomic E-state index is -1.62. The molecule has 260 valence electrons. The van der Waals surface area contributed by atoms with Gasteiger partial charge in [-0.3, -0.25) is 4.79 Å². The molecule has 0 aromatic carbocycles. The Labute approximate surface area is 274 Å². The van der Waals surface area contributed by atoms with Crippen LogP contribution in [0.25, 0.3) is 0 Å². The average Bonchev–Trinajstić information content (AvgIpc) is 2.96. The van der Waals surface area contributed by atoms with E-state index in [1.165, 1.54) is 5.57 Å². The van der Waals surface area contributed by atoms with E-state index in [0.717, 1.165) is 38.5 Å². The molecule has 9 heteroatoms. The maximum absolute atomic E-state index is 13.9. The van der Waals surface area contributed by atoms with Gasteiger partial charge in [0.15, 0.2) is 18.2 Å². The van der Waals surface area contributed by atoms with Crippen molar-refractivity contribution in [1.82, 2.24) is 0 Å². The third-order valence-corrected chi connectivity index (χ3v) is 14.7. The SMILES string of the molecule is CCOC(=O)[C@H]1O[C@@H](O[C@H]2CC[C@]3(C)[C@H]4CC=C5[C@@H]6CC(C)(C)CC[C@]6(O)C(=O)C[C@@]5(C)[C@]4(C)CC[C@H]3C2(C)C)[C@H](O)[C@@H](O)[C@@H]1O. The molecule has 0 radical (unpaired) electrons. The Kier molecular flexibility index (Phi) is 8.31. The van der Waals surface area contributed by atoms with Gasteiger partial charge in [-0.05, 0) is 91.8 Å². The summed E-state index contributed by atoms with van der Waals surface area (Å²) in [6.07, 6.45) is 1.65. The van der Waals surface area contributed by atoms with Crippen LogP contribution in [0, 0.1) is 44.8 Å². The standard InChI is InChI=1S/C37H58O9/c1-9-44-30(42)29-27(40)26(39)28(41)31(46-29)45-25-13-14-34(6)22(33(25,4)5)12-15-35(7)23(34)11-10-20-21-18-32(2,3)16-17-37(21,43)24(38)19-36(20,35)8/h10,21-23,25-29,31,39-41,43H,9,11-19H2,1-8H3/t21-,22-,23+,25-,26-,27-,28+,29-,31+,34-,35+,36+,37+/m0/s1. The predicted octanol–water partition coefficient (Wildman–Crippen LogP) is 4.47. The highest BCUT2D eigenvalue weighted by Crippen LogP contribution is 2.74. The zero-order valence-electron chi connectivity index (χ0n) is 29.2. The van der Waals surface area contributed by atoms with Crippen LogP contribution in [0.4, 0.5) is 0 Å². The fraction of sp³-hybridized carbons (Fsp3) is 0.892. The lowest BCUT2D eigenvalue weighted by Gasteiger charge is -2.71. The van der Waals surface area contributed by atoms with Crippen LogP contribution in [0.1, 0.15) is 113 Å². The number of aliphatic hydroxyl groups is 4. The van der Waals surface area contributed by atoms with Crippen LogP contribution in [-0.4, -0.2) is 81.2 Å². The summed E-state index contributed by atoms with van der Waals surface area (Å²) in [7, 11) is 0. The van der Waals surface area contributed by atoms with Crippen LogP contribution in [-0.2, 0) is 23.8 Å². The molecule has 0 aromatic heterocycles. The number of aliphatic hydroxyl groups excluding tert-OH is 3. The summed E-state index contributed by atoms with van der Waals surface area (Å²) in [4.78, 5) is 26.4. The Morgan fingerprint density at radius 2 is 1.63 bits per heavy atom. The number of ether oxygens (including phenoxy) is 3. The molecule has 13 atom stereocenters. The van der Waals surface area contributed by atoms with E-state index >= 15 is 0 Å². The Bertz CT molecular complexity index is 1280. The van der Waals surface area contributed by atoms with Crippen molar-refractivity contribution in [2.24, 2.45) is 44.8 Å². The van der Waals surface area contributed by atoms with Crippen LogP contribution in [0.15, 0.2) is 11.6 Å². The minimum Gasteiger partial charge on any atom is -0.464 e. The number of ketones is 1. The van der Waals surface area contributed by atoms with E-state index in [0.29, 0.717) is 25.2 Å². The molecule has 6 rings (SSSR count). The van der Waals surface area contributed by atoms with Crippen LogP contribution in [0.3, 0.4) is 0 Å². The first-order chi connectivity index (χ1) is 21.3. The van der Waals surface area contributed by atoms with Crippen molar-refractivity contribution in [3.63, 3.8) is 0 Å². The van der Waals surface area contributed by atoms with E-state index in [-0.39, 0.29) is 57.4 Å². The molecule has 5 fully saturated rings. The number of carbonyl (C=O) groups excluding carboxylic acids is 2. The van der Waals surface area contributed by atoms with Gasteiger partial charge in [-0.2, -0.15) is 0 Å². The van der Waals surface area contributed by atoms with Gasteiger partial charge in [0.25, 0.3) is 0 Å². The first-order valence-electron chi connectivity index (χ1n) is 17.7. The fourth-order valence-corrected chi connectivity index (χ4v) is 11.8. The summed E-state index contributed by atoms with van der Waals surface area (Å²) in [6, 6.07) is 0. The summed E-state index contributed by atoms with van der Waals surface area (Å²) in [6.45, 7) is 17.9. The molecule has 0 aromatic rings. The summed E-state index contributed by atoms with van der Waals surface area (Å²) in [5, 5.41) is 43.7. The first-order valence-corrected chi connectivity index (χ1v) is 17.7. The van der Waals surface area contributed by atoms with Gasteiger partial charge in [-0.25, -0.2) is 4.79 Å². The van der Waals surface area contributed by atoms with Crippen LogP contribution < -0.4 is 0 Å². The third-order valence-electron chi connectivity index (χ3n) is 14.7. The predicted molar refractivity (Wildman–Crippen MR) is 170 cm³/mol. The van der Waals surface area contributed by atoms with Crippen molar-refractivity contribution < 1.29 is 44.2 Å². The maximum Gasteiger partial charge on any atom is 0.338 e. The molecule has 1 heterocycles. The summed E-state index contributed by atoms with van der Waals surface area (Å²) in [5.74, 6) is -0.284. The van der Waals surface area contributed by atoms with Gasteiger partial charge in [0, 0.05) is 17.8 Å². The zero-order chi connectivity index (χ0) is 33.8. The minimum absolute atomic E-state index is 0.0266. The number of hydrogen-bond acceptors (Lipinski definition) is 9. The topological polar surface area (TPSA) is 143 Å². The Hall–Kier alpha value is -1.36. The van der Waals surface area contributed by atoms with Crippen molar-refractivity contribution in [3.05, 3.63) is 11.6 Å². The normalized spacial score (nSPS) is 51.1. The fourth-order valence-electron chi connectivity index (χ4n) is 11.8. The number of allylic oxidation sites excluding steroid dienone is 1. The van der Waals surface area contributed by atoms with Crippen LogP contribution in [0.5, 0.6) is 0 Å². The van der Waals surface area contributed by atoms with Crippen molar-refractivity contribution in [2.75, 3.05) is 6.61 Å². The van der Waals surface area contributed by atoms with Gasteiger partial charge in [-0.15, -0.1) is 0 Å². The van der Waals surface area contributed by atoms with Crippen LogP contribution >= 0.6 is 0 Å². The van der Waals surface area contributed by atoms with Crippen molar-refractivity contribution in [1.29, 1.82) is 0 Å². The molecule has 4 N–H and O–H groups in total. The third kappa shape index (κ3) is 4.76. The second-order valence-electron chi connectivity index (χ2n) is 17.9. The van der Waals surface area contributed by atoms with E-state index < -0.39 is 42.3 Å². The zero-order valence-corrected chi connectivity index (χ0v) is 29.2. The number of rotatable bonds is 4. The van der Waals surface area contributed by atoms with Gasteiger partial charge in [0.2, 0.25) is 0 Å². The van der Waals surface area contributed by atoms with Crippen LogP contribution in [0.2, 0.25) is 0 Å². The highest BCUT2D eigenvalue weighted by Gasteiger charge is 2.70. The van der Waals surface area contributed by atoms with Gasteiger partial charge in [0.1, 0.15) is 23.9 Å². The average molecular weight is 647 g/mol. The first kappa shape index (κ1) is 34.5. The second-order valence-corrected chi connectivity index (χ2v) is 17.9. The second kappa shape index (κ2) is 11.1. The monoisotopic (exact) mass is 646 g/mol. The molecular weight excluding hydrogens is 588 g/mol. The molecule has 1 saturated heterocycles. The number of fused-ring (bicyclic) bond motifs is 7. The largest absolute Gasteiger partial charge is 0.464 e. The molecule has 46 heavy (non-hydrogen) atoms. The quantitative estimate of drug-likeness (QED) is 0.198. The van der Waals surface area contributed by atoms with Gasteiger partial charge in [0.05, 0.1) is 12.7 Å². The molecule has 1 aliphatic heterocycles. The lowest BCUT2D eigenvalue weighted by atomic mass is 9.34. The van der Waals surface area contributed by atoms with Gasteiger partial charge in [-0.1, -0.05) is 60.1 Å². The van der Waals surface area contributed by atoms with E-state index in [4.69, 9.17) is 14.2 Å². The molecule has 9 nitrogen and oxygen atoms in total. The van der Waals surface area contributed by atoms with Crippen molar-refractivity contribution >= 4 is 11.8 Å². The van der Waals surface area contributed by atoms with Gasteiger partial charge < -0.3 is 34.6 Å². The summed E-state index contributed by atoms with van der Waals surface area (Å²) < 4.78 is 17.3. The lowest BCUT2D eigenvalue weighted by Crippen LogP contribution is -2.67. The Morgan fingerprint density at radius 1 is 0.935 bits per heavy atom. The Morgan fingerprint density at radius 3 is 2.30 bits per heavy atom. The maximum atomic E-state index is 13.9. The molecule has 0 bridgehead atoms. The van der Waals surface area contributed by atoms with Crippen molar-refractivity contribution in [3.8, 4) is 0 Å². The molecule has 0 spiro atoms. The Balaban J connectivity index is 1.27. The number of esters is 1. The number of hydrogen-bond donors (Lipinski definition) is 4. The van der Waals surface area contributed by atoms with E-state index in [2.05, 4.69) is 54.5 Å². The molecule has 0 unspecified atom stereocenters.